The SMILES string of the molecule is CC[C@H]1OC(=O)[C@H](C)[C@@H](O[C@H]2C[C@@](C)(OC)[C@@H](O)[C@H](C)O2)[C@H](C)[C@@H](O[C@@H]2O[C@H](C)C[C@H](N(C)Cc3ccccc3)[C@H]2O)[C@@](C)(O)C[C@@H](C)/C(=N\OC/C=C/CN2CCN(C)CC2)[C@H](C)[C@@H](O)[C@]1(C)O. The number of benzene rings is 1. The second-order valence-electron chi connectivity index (χ2n) is 21.4. The summed E-state index contributed by atoms with van der Waals surface area (Å²) in [7, 11) is 5.58. The Bertz CT molecular complexity index is 1800. The van der Waals surface area contributed by atoms with Gasteiger partial charge in [0.05, 0.1) is 53.4 Å². The summed E-state index contributed by atoms with van der Waals surface area (Å²) < 4.78 is 38.4. The topological polar surface area (TPSA) is 205 Å². The molecule has 0 unspecified atom stereocenters. The molecule has 0 radical (unpaired) electrons. The number of hydrogen-bond acceptors (Lipinski definition) is 17. The maximum atomic E-state index is 14.6. The van der Waals surface area contributed by atoms with Crippen LogP contribution in [-0.2, 0) is 44.6 Å². The zero-order valence-electron chi connectivity index (χ0n) is 43.8. The highest BCUT2D eigenvalue weighted by molar-refractivity contribution is 5.88. The van der Waals surface area contributed by atoms with Gasteiger partial charge in [0.25, 0.3) is 0 Å². The van der Waals surface area contributed by atoms with E-state index in [1.54, 1.807) is 41.5 Å². The second-order valence-corrected chi connectivity index (χ2v) is 21.4. The van der Waals surface area contributed by atoms with Gasteiger partial charge >= 0.3 is 5.97 Å². The molecule has 18 atom stereocenters. The van der Waals surface area contributed by atoms with E-state index >= 15 is 0 Å². The van der Waals surface area contributed by atoms with Crippen LogP contribution >= 0.6 is 0 Å². The van der Waals surface area contributed by atoms with Crippen LogP contribution < -0.4 is 0 Å². The van der Waals surface area contributed by atoms with Gasteiger partial charge in [-0.2, -0.15) is 0 Å². The van der Waals surface area contributed by atoms with Gasteiger partial charge in [0.15, 0.2) is 12.6 Å². The molecule has 17 nitrogen and oxygen atoms in total. The van der Waals surface area contributed by atoms with Crippen molar-refractivity contribution in [2.45, 2.75) is 186 Å². The second kappa shape index (κ2) is 24.9. The van der Waals surface area contributed by atoms with E-state index in [4.69, 9.17) is 33.3 Å². The van der Waals surface area contributed by atoms with E-state index in [0.717, 1.165) is 38.3 Å². The van der Waals surface area contributed by atoms with E-state index in [1.807, 2.05) is 70.3 Å². The van der Waals surface area contributed by atoms with Crippen LogP contribution in [0.4, 0.5) is 0 Å². The number of carbonyl (C=O) groups excluding carboxylic acids is 1. The molecule has 0 aliphatic carbocycles. The lowest BCUT2D eigenvalue weighted by molar-refractivity contribution is -0.318. The van der Waals surface area contributed by atoms with Crippen molar-refractivity contribution in [3.05, 3.63) is 48.0 Å². The number of esters is 1. The Hall–Kier alpha value is -2.62. The van der Waals surface area contributed by atoms with Crippen LogP contribution in [0.1, 0.15) is 100 Å². The summed E-state index contributed by atoms with van der Waals surface area (Å²) in [5.41, 5.74) is -3.36. The van der Waals surface area contributed by atoms with Crippen LogP contribution in [0.25, 0.3) is 0 Å². The maximum Gasteiger partial charge on any atom is 0.311 e. The summed E-state index contributed by atoms with van der Waals surface area (Å²) in [5, 5.41) is 65.3. The van der Waals surface area contributed by atoms with E-state index < -0.39 is 102 Å². The van der Waals surface area contributed by atoms with Crippen LogP contribution in [0.15, 0.2) is 47.6 Å². The highest BCUT2D eigenvalue weighted by Crippen LogP contribution is 2.41. The number of aliphatic hydroxyl groups is 5. The van der Waals surface area contributed by atoms with E-state index in [9.17, 15) is 30.3 Å². The third kappa shape index (κ3) is 14.3. The summed E-state index contributed by atoms with van der Waals surface area (Å²) in [6.45, 7) is 22.7. The molecule has 69 heavy (non-hydrogen) atoms. The lowest BCUT2D eigenvalue weighted by atomic mass is 9.73. The maximum absolute atomic E-state index is 14.6. The minimum absolute atomic E-state index is 0.00793. The van der Waals surface area contributed by atoms with Crippen LogP contribution in [-0.4, -0.2) is 197 Å². The fraction of sp³-hybridized carbons (Fsp3) is 0.808. The Kier molecular flexibility index (Phi) is 20.6. The van der Waals surface area contributed by atoms with Gasteiger partial charge < -0.3 is 63.7 Å². The molecular formula is C52H88N4O13. The molecule has 4 aliphatic heterocycles. The monoisotopic (exact) mass is 977 g/mol. The third-order valence-electron chi connectivity index (χ3n) is 15.5. The first-order valence-electron chi connectivity index (χ1n) is 25.3. The molecule has 0 aromatic heterocycles. The number of cyclic esters (lactones) is 1. The van der Waals surface area contributed by atoms with Gasteiger partial charge in [0.2, 0.25) is 0 Å². The minimum atomic E-state index is -1.96. The van der Waals surface area contributed by atoms with E-state index in [0.29, 0.717) is 18.7 Å². The fourth-order valence-electron chi connectivity index (χ4n) is 11.0. The number of nitrogens with zero attached hydrogens (tertiary/aromatic N) is 4. The lowest BCUT2D eigenvalue weighted by Gasteiger charge is -2.49. The number of oxime groups is 1. The number of rotatable bonds is 14. The Morgan fingerprint density at radius 2 is 1.57 bits per heavy atom. The standard InChI is InChI=1S/C52H88N4O13/c1-14-40-52(10,62)45(58)34(4)42(53-64-27-19-18-22-56-25-23-54(11)24-26-56)32(2)29-50(8,61)47(69-49-43(57)39(28-33(3)65-49)55(12)31-38-20-16-15-17-21-38)35(5)44(36(6)48(60)67-40)68-41-30-51(9,63-13)46(59)37(7)66-41/h15-21,32-37,39-41,43-47,49,57-59,61-62H,14,22-31H2,1-13H3/b19-18+,53-42+/t32-,33-,34+,35+,36-,37+,39+,40-,41+,43-,44+,45-,46+,47-,49+,50+,51-,52-/m1/s1. The highest BCUT2D eigenvalue weighted by Gasteiger charge is 2.53. The molecule has 394 valence electrons. The number of hydrogen-bond donors (Lipinski definition) is 5. The molecule has 4 aliphatic rings. The number of aliphatic hydroxyl groups excluding tert-OH is 3. The zero-order valence-corrected chi connectivity index (χ0v) is 43.8. The molecule has 4 heterocycles. The predicted octanol–water partition coefficient (Wildman–Crippen LogP) is 3.96. The average Bonchev–Trinajstić information content (AvgIpc) is 3.30. The van der Waals surface area contributed by atoms with Crippen LogP contribution in [0.2, 0.25) is 0 Å². The van der Waals surface area contributed by atoms with Gasteiger partial charge in [-0.3, -0.25) is 14.6 Å². The molecule has 0 bridgehead atoms. The molecule has 1 aromatic carbocycles. The van der Waals surface area contributed by atoms with Crippen molar-refractivity contribution in [3.63, 3.8) is 0 Å². The third-order valence-corrected chi connectivity index (χ3v) is 15.5. The zero-order chi connectivity index (χ0) is 51.0. The number of likely N-dealkylation sites (N-methyl/N-ethyl adjacent to an activating group) is 2. The van der Waals surface area contributed by atoms with Gasteiger partial charge in [-0.25, -0.2) is 0 Å². The molecule has 1 aromatic rings. The normalized spacial score (nSPS) is 42.4. The molecule has 4 saturated heterocycles. The van der Waals surface area contributed by atoms with Gasteiger partial charge in [-0.1, -0.05) is 69.3 Å². The number of ether oxygens (including phenoxy) is 6. The highest BCUT2D eigenvalue weighted by atomic mass is 16.7. The summed E-state index contributed by atoms with van der Waals surface area (Å²) in [4.78, 5) is 27.3. The smallest absolute Gasteiger partial charge is 0.311 e. The van der Waals surface area contributed by atoms with Crippen molar-refractivity contribution in [1.29, 1.82) is 0 Å². The first-order chi connectivity index (χ1) is 32.4. The van der Waals surface area contributed by atoms with Crippen molar-refractivity contribution < 1.29 is 63.6 Å². The van der Waals surface area contributed by atoms with Gasteiger partial charge in [0.1, 0.15) is 30.5 Å². The Morgan fingerprint density at radius 1 is 0.899 bits per heavy atom. The number of methoxy groups -OCH3 is 1. The first kappa shape index (κ1) is 57.3. The minimum Gasteiger partial charge on any atom is -0.459 e. The van der Waals surface area contributed by atoms with Crippen molar-refractivity contribution in [3.8, 4) is 0 Å². The van der Waals surface area contributed by atoms with Gasteiger partial charge in [0, 0.05) is 76.6 Å². The summed E-state index contributed by atoms with van der Waals surface area (Å²) in [6.07, 6.45) is -5.67. The fourth-order valence-corrected chi connectivity index (χ4v) is 11.0. The quantitative estimate of drug-likeness (QED) is 0.0775. The predicted molar refractivity (Wildman–Crippen MR) is 262 cm³/mol. The van der Waals surface area contributed by atoms with E-state index in [1.165, 1.54) is 14.0 Å². The number of carbonyl (C=O) groups is 1. The molecule has 17 heteroatoms. The van der Waals surface area contributed by atoms with Crippen LogP contribution in [0, 0.1) is 23.7 Å². The van der Waals surface area contributed by atoms with E-state index in [2.05, 4.69) is 26.9 Å². The Balaban J connectivity index is 1.55. The average molecular weight is 977 g/mol. The Morgan fingerprint density at radius 3 is 2.20 bits per heavy atom. The van der Waals surface area contributed by atoms with Crippen molar-refractivity contribution >= 4 is 11.7 Å². The van der Waals surface area contributed by atoms with Crippen molar-refractivity contribution in [2.24, 2.45) is 28.8 Å². The summed E-state index contributed by atoms with van der Waals surface area (Å²) in [6, 6.07) is 9.59. The number of piperazine rings is 1. The van der Waals surface area contributed by atoms with Crippen molar-refractivity contribution in [2.75, 3.05) is 60.5 Å². The molecule has 4 fully saturated rings. The summed E-state index contributed by atoms with van der Waals surface area (Å²) in [5.74, 6) is -4.09. The summed E-state index contributed by atoms with van der Waals surface area (Å²) >= 11 is 0. The van der Waals surface area contributed by atoms with Gasteiger partial charge in [-0.15, -0.1) is 0 Å². The molecule has 0 amide bonds. The first-order valence-corrected chi connectivity index (χ1v) is 25.3. The van der Waals surface area contributed by atoms with Crippen molar-refractivity contribution in [1.82, 2.24) is 14.7 Å². The Labute approximate surface area is 412 Å². The largest absolute Gasteiger partial charge is 0.459 e. The molecule has 5 N–H and O–H groups in total. The molecule has 5 rings (SSSR count). The molecule has 0 saturated carbocycles. The van der Waals surface area contributed by atoms with Gasteiger partial charge in [-0.05, 0) is 86.5 Å². The molecule has 0 spiro atoms. The van der Waals surface area contributed by atoms with E-state index in [-0.39, 0.29) is 38.0 Å². The van der Waals surface area contributed by atoms with Crippen LogP contribution in [0.3, 0.4) is 0 Å². The lowest BCUT2D eigenvalue weighted by Crippen LogP contribution is -2.61. The van der Waals surface area contributed by atoms with Crippen LogP contribution in [0.5, 0.6) is 0 Å². The molecular weight excluding hydrogens is 889 g/mol.